The molecule has 20 heavy (non-hydrogen) atoms. The van der Waals surface area contributed by atoms with Crippen molar-refractivity contribution in [2.24, 2.45) is 0 Å². The number of nitrogens with zero attached hydrogens (tertiary/aromatic N) is 1. The fraction of sp³-hybridized carbons (Fsp3) is 0.312. The van der Waals surface area contributed by atoms with Crippen molar-refractivity contribution >= 4 is 0 Å². The number of rotatable bonds is 5. The first-order valence-corrected chi connectivity index (χ1v) is 6.88. The molecule has 1 unspecified atom stereocenters. The summed E-state index contributed by atoms with van der Waals surface area (Å²) in [6, 6.07) is 10.5. The van der Waals surface area contributed by atoms with Gasteiger partial charge in [-0.2, -0.15) is 0 Å². The molecule has 0 saturated heterocycles. The van der Waals surface area contributed by atoms with Crippen LogP contribution >= 0.6 is 0 Å². The molecule has 0 saturated carbocycles. The third kappa shape index (κ3) is 2.75. The van der Waals surface area contributed by atoms with E-state index in [-0.39, 0.29) is 6.04 Å². The van der Waals surface area contributed by atoms with E-state index < -0.39 is 0 Å². The second-order valence-corrected chi connectivity index (χ2v) is 4.78. The summed E-state index contributed by atoms with van der Waals surface area (Å²) in [6.07, 6.45) is 4.59. The van der Waals surface area contributed by atoms with Crippen LogP contribution in [0.25, 0.3) is 0 Å². The van der Waals surface area contributed by atoms with Crippen LogP contribution in [0, 0.1) is 0 Å². The summed E-state index contributed by atoms with van der Waals surface area (Å²) in [4.78, 5) is 4.06. The van der Waals surface area contributed by atoms with Crippen LogP contribution in [0.2, 0.25) is 0 Å². The van der Waals surface area contributed by atoms with Crippen molar-refractivity contribution in [3.63, 3.8) is 0 Å². The molecule has 1 atom stereocenters. The van der Waals surface area contributed by atoms with Gasteiger partial charge in [0.1, 0.15) is 0 Å². The average molecular weight is 270 g/mol. The Kier molecular flexibility index (Phi) is 3.83. The molecule has 2 aromatic rings. The highest BCUT2D eigenvalue weighted by atomic mass is 16.7. The lowest BCUT2D eigenvalue weighted by Crippen LogP contribution is -2.22. The largest absolute Gasteiger partial charge is 0.454 e. The number of likely N-dealkylation sites (N-methyl/N-ethyl adjacent to an activating group) is 1. The zero-order valence-corrected chi connectivity index (χ0v) is 11.5. The molecule has 104 valence electrons. The van der Waals surface area contributed by atoms with Gasteiger partial charge in [0.05, 0.1) is 0 Å². The van der Waals surface area contributed by atoms with E-state index in [1.54, 1.807) is 0 Å². The van der Waals surface area contributed by atoms with E-state index in [0.717, 1.165) is 24.5 Å². The van der Waals surface area contributed by atoms with E-state index in [2.05, 4.69) is 41.5 Å². The van der Waals surface area contributed by atoms with Gasteiger partial charge in [0.2, 0.25) is 6.79 Å². The molecule has 0 fully saturated rings. The molecule has 0 radical (unpaired) electrons. The van der Waals surface area contributed by atoms with Crippen LogP contribution in [0.15, 0.2) is 42.7 Å². The van der Waals surface area contributed by atoms with E-state index >= 15 is 0 Å². The number of pyridine rings is 1. The van der Waals surface area contributed by atoms with Crippen LogP contribution in [0.4, 0.5) is 0 Å². The Morgan fingerprint density at radius 2 is 1.95 bits per heavy atom. The van der Waals surface area contributed by atoms with E-state index in [1.807, 2.05) is 18.5 Å². The van der Waals surface area contributed by atoms with Crippen molar-refractivity contribution in [3.05, 3.63) is 53.9 Å². The first-order valence-electron chi connectivity index (χ1n) is 6.88. The first-order chi connectivity index (χ1) is 9.86. The van der Waals surface area contributed by atoms with Gasteiger partial charge < -0.3 is 14.8 Å². The number of nitrogens with one attached hydrogen (secondary N) is 1. The summed E-state index contributed by atoms with van der Waals surface area (Å²) in [5.41, 5.74) is 2.48. The Morgan fingerprint density at radius 1 is 1.15 bits per heavy atom. The van der Waals surface area contributed by atoms with Crippen molar-refractivity contribution in [1.82, 2.24) is 10.3 Å². The van der Waals surface area contributed by atoms with Crippen molar-refractivity contribution in [2.45, 2.75) is 19.4 Å². The van der Waals surface area contributed by atoms with Crippen LogP contribution < -0.4 is 14.8 Å². The second-order valence-electron chi connectivity index (χ2n) is 4.78. The van der Waals surface area contributed by atoms with E-state index in [1.165, 1.54) is 11.1 Å². The summed E-state index contributed by atoms with van der Waals surface area (Å²) in [7, 11) is 0. The standard InChI is InChI=1S/C16H18N2O2/c1-2-18-14(9-12-5-7-17-8-6-12)13-3-4-15-16(10-13)20-11-19-15/h3-8,10,14,18H,2,9,11H2,1H3. The Labute approximate surface area is 118 Å². The molecule has 1 N–H and O–H groups in total. The highest BCUT2D eigenvalue weighted by molar-refractivity contribution is 5.45. The SMILES string of the molecule is CCNC(Cc1ccncc1)c1ccc2c(c1)OCO2. The predicted molar refractivity (Wildman–Crippen MR) is 76.9 cm³/mol. The Morgan fingerprint density at radius 3 is 2.75 bits per heavy atom. The number of hydrogen-bond acceptors (Lipinski definition) is 4. The third-order valence-electron chi connectivity index (χ3n) is 3.44. The minimum atomic E-state index is 0.261. The lowest BCUT2D eigenvalue weighted by molar-refractivity contribution is 0.174. The van der Waals surface area contributed by atoms with Gasteiger partial charge in [-0.15, -0.1) is 0 Å². The minimum absolute atomic E-state index is 0.261. The maximum absolute atomic E-state index is 5.46. The van der Waals surface area contributed by atoms with Crippen LogP contribution in [-0.4, -0.2) is 18.3 Å². The summed E-state index contributed by atoms with van der Waals surface area (Å²) in [6.45, 7) is 3.35. The molecule has 3 rings (SSSR count). The maximum atomic E-state index is 5.46. The van der Waals surface area contributed by atoms with E-state index in [9.17, 15) is 0 Å². The minimum Gasteiger partial charge on any atom is -0.454 e. The predicted octanol–water partition coefficient (Wildman–Crippen LogP) is 2.70. The average Bonchev–Trinajstić information content (AvgIpc) is 2.95. The summed E-state index contributed by atoms with van der Waals surface area (Å²) in [5.74, 6) is 1.66. The molecule has 0 spiro atoms. The number of ether oxygens (including phenoxy) is 2. The summed E-state index contributed by atoms with van der Waals surface area (Å²) in [5, 5.41) is 3.52. The zero-order valence-electron chi connectivity index (χ0n) is 11.5. The second kappa shape index (κ2) is 5.92. The monoisotopic (exact) mass is 270 g/mol. The van der Waals surface area contributed by atoms with Crippen LogP contribution in [0.3, 0.4) is 0 Å². The van der Waals surface area contributed by atoms with Gasteiger partial charge in [-0.1, -0.05) is 13.0 Å². The van der Waals surface area contributed by atoms with E-state index in [4.69, 9.17) is 9.47 Å². The van der Waals surface area contributed by atoms with Crippen molar-refractivity contribution in [3.8, 4) is 11.5 Å². The molecule has 1 aromatic heterocycles. The summed E-state index contributed by atoms with van der Waals surface area (Å²) < 4.78 is 10.8. The van der Waals surface area contributed by atoms with Gasteiger partial charge in [0.15, 0.2) is 11.5 Å². The molecule has 0 amide bonds. The summed E-state index contributed by atoms with van der Waals surface area (Å²) >= 11 is 0. The first kappa shape index (κ1) is 12.9. The number of fused-ring (bicyclic) bond motifs is 1. The van der Waals surface area contributed by atoms with Gasteiger partial charge in [-0.3, -0.25) is 4.98 Å². The van der Waals surface area contributed by atoms with Crippen LogP contribution in [0.5, 0.6) is 11.5 Å². The molecular formula is C16H18N2O2. The number of benzene rings is 1. The van der Waals surface area contributed by atoms with E-state index in [0.29, 0.717) is 6.79 Å². The van der Waals surface area contributed by atoms with Crippen LogP contribution in [-0.2, 0) is 6.42 Å². The number of aromatic nitrogens is 1. The van der Waals surface area contributed by atoms with Crippen molar-refractivity contribution < 1.29 is 9.47 Å². The van der Waals surface area contributed by atoms with Crippen molar-refractivity contribution in [2.75, 3.05) is 13.3 Å². The third-order valence-corrected chi connectivity index (χ3v) is 3.44. The Hall–Kier alpha value is -2.07. The van der Waals surface area contributed by atoms with Gasteiger partial charge >= 0.3 is 0 Å². The van der Waals surface area contributed by atoms with Gasteiger partial charge in [-0.05, 0) is 48.4 Å². The van der Waals surface area contributed by atoms with Crippen molar-refractivity contribution in [1.29, 1.82) is 0 Å². The quantitative estimate of drug-likeness (QED) is 0.907. The lowest BCUT2D eigenvalue weighted by atomic mass is 9.99. The molecule has 1 aliphatic heterocycles. The van der Waals surface area contributed by atoms with Crippen LogP contribution in [0.1, 0.15) is 24.1 Å². The maximum Gasteiger partial charge on any atom is 0.231 e. The molecule has 1 aromatic carbocycles. The van der Waals surface area contributed by atoms with Gasteiger partial charge in [0.25, 0.3) is 0 Å². The van der Waals surface area contributed by atoms with Gasteiger partial charge in [0, 0.05) is 18.4 Å². The molecular weight excluding hydrogens is 252 g/mol. The van der Waals surface area contributed by atoms with Gasteiger partial charge in [-0.25, -0.2) is 0 Å². The molecule has 4 heteroatoms. The smallest absolute Gasteiger partial charge is 0.231 e. The number of hydrogen-bond donors (Lipinski definition) is 1. The fourth-order valence-corrected chi connectivity index (χ4v) is 2.44. The zero-order chi connectivity index (χ0) is 13.8. The Balaban J connectivity index is 1.83. The highest BCUT2D eigenvalue weighted by Crippen LogP contribution is 2.34. The Bertz CT molecular complexity index is 572. The molecule has 2 heterocycles. The topological polar surface area (TPSA) is 43.4 Å². The molecule has 0 aliphatic carbocycles. The lowest BCUT2D eigenvalue weighted by Gasteiger charge is -2.18. The molecule has 1 aliphatic rings. The fourth-order valence-electron chi connectivity index (χ4n) is 2.44. The highest BCUT2D eigenvalue weighted by Gasteiger charge is 2.17. The molecule has 4 nitrogen and oxygen atoms in total. The normalized spacial score (nSPS) is 14.2. The molecule has 0 bridgehead atoms.